The lowest BCUT2D eigenvalue weighted by Crippen LogP contribution is -2.32. The van der Waals surface area contributed by atoms with Crippen LogP contribution in [-0.2, 0) is 11.2 Å². The summed E-state index contributed by atoms with van der Waals surface area (Å²) in [7, 11) is 0. The summed E-state index contributed by atoms with van der Waals surface area (Å²) in [6.07, 6.45) is 7.31. The number of nitrogens with zero attached hydrogens (tertiary/aromatic N) is 1. The van der Waals surface area contributed by atoms with Gasteiger partial charge in [0.25, 0.3) is 0 Å². The van der Waals surface area contributed by atoms with Crippen LogP contribution < -0.4 is 5.32 Å². The second kappa shape index (κ2) is 5.99. The minimum Gasteiger partial charge on any atom is -0.356 e. The predicted octanol–water partition coefficient (Wildman–Crippen LogP) is 3.36. The lowest BCUT2D eigenvalue weighted by atomic mass is 9.92. The normalized spacial score (nSPS) is 26.6. The Morgan fingerprint density at radius 1 is 1.30 bits per heavy atom. The summed E-state index contributed by atoms with van der Waals surface area (Å²) in [5.41, 5.74) is 3.02. The standard InChI is InChI=1S/C19H25N3O/c1-12-21-17-8-5-13(9-18(17)22-12)10-19(23)20-11-15-7-6-14-3-2-4-16(14)15/h5,8-9,14-16H,2-4,6-7,10-11H2,1H3,(H,20,23)(H,21,22)/t14-,15+,16-/m0/s1. The van der Waals surface area contributed by atoms with Gasteiger partial charge in [-0.05, 0) is 61.6 Å². The number of aryl methyl sites for hydroxylation is 1. The molecule has 23 heavy (non-hydrogen) atoms. The maximum absolute atomic E-state index is 12.3. The Morgan fingerprint density at radius 3 is 3.13 bits per heavy atom. The van der Waals surface area contributed by atoms with Gasteiger partial charge in [-0.1, -0.05) is 18.9 Å². The summed E-state index contributed by atoms with van der Waals surface area (Å²) in [5.74, 6) is 3.59. The SMILES string of the molecule is Cc1nc2ccc(CC(=O)NC[C@H]3CC[C@@H]4CCC[C@@H]43)cc2[nH]1. The summed E-state index contributed by atoms with van der Waals surface area (Å²) in [6.45, 7) is 2.82. The molecule has 2 saturated carbocycles. The van der Waals surface area contributed by atoms with Crippen molar-refractivity contribution in [1.82, 2.24) is 15.3 Å². The fraction of sp³-hybridized carbons (Fsp3) is 0.579. The minimum absolute atomic E-state index is 0.141. The second-order valence-electron chi connectivity index (χ2n) is 7.35. The van der Waals surface area contributed by atoms with Crippen LogP contribution in [0.15, 0.2) is 18.2 Å². The van der Waals surface area contributed by atoms with Gasteiger partial charge in [0, 0.05) is 6.54 Å². The molecular weight excluding hydrogens is 286 g/mol. The molecule has 0 aliphatic heterocycles. The van der Waals surface area contributed by atoms with Crippen LogP contribution in [0.1, 0.15) is 43.5 Å². The van der Waals surface area contributed by atoms with E-state index < -0.39 is 0 Å². The monoisotopic (exact) mass is 311 g/mol. The van der Waals surface area contributed by atoms with Crippen molar-refractivity contribution in [2.24, 2.45) is 17.8 Å². The highest BCUT2D eigenvalue weighted by Gasteiger charge is 2.38. The first-order chi connectivity index (χ1) is 11.2. The van der Waals surface area contributed by atoms with Gasteiger partial charge < -0.3 is 10.3 Å². The molecule has 0 saturated heterocycles. The molecule has 2 aromatic rings. The van der Waals surface area contributed by atoms with Gasteiger partial charge in [0.15, 0.2) is 0 Å². The molecule has 4 rings (SSSR count). The number of fused-ring (bicyclic) bond motifs is 2. The maximum Gasteiger partial charge on any atom is 0.224 e. The topological polar surface area (TPSA) is 57.8 Å². The summed E-state index contributed by atoms with van der Waals surface area (Å²) in [4.78, 5) is 19.9. The number of nitrogens with one attached hydrogen (secondary N) is 2. The molecule has 0 spiro atoms. The largest absolute Gasteiger partial charge is 0.356 e. The minimum atomic E-state index is 0.141. The van der Waals surface area contributed by atoms with Gasteiger partial charge in [0.05, 0.1) is 17.5 Å². The van der Waals surface area contributed by atoms with Crippen LogP contribution in [0.25, 0.3) is 11.0 Å². The van der Waals surface area contributed by atoms with Crippen molar-refractivity contribution in [2.75, 3.05) is 6.54 Å². The number of aromatic amines is 1. The summed E-state index contributed by atoms with van der Waals surface area (Å²) < 4.78 is 0. The number of benzene rings is 1. The van der Waals surface area contributed by atoms with Crippen molar-refractivity contribution in [3.63, 3.8) is 0 Å². The Balaban J connectivity index is 1.34. The van der Waals surface area contributed by atoms with Crippen molar-refractivity contribution in [3.8, 4) is 0 Å². The van der Waals surface area contributed by atoms with E-state index in [-0.39, 0.29) is 5.91 Å². The first-order valence-corrected chi connectivity index (χ1v) is 8.91. The van der Waals surface area contributed by atoms with Crippen molar-refractivity contribution in [1.29, 1.82) is 0 Å². The number of rotatable bonds is 4. The Hall–Kier alpha value is -1.84. The van der Waals surface area contributed by atoms with Gasteiger partial charge in [0.1, 0.15) is 5.82 Å². The molecule has 1 heterocycles. The molecule has 2 fully saturated rings. The van der Waals surface area contributed by atoms with Gasteiger partial charge in [-0.25, -0.2) is 4.98 Å². The molecule has 3 atom stereocenters. The predicted molar refractivity (Wildman–Crippen MR) is 91.1 cm³/mol. The van der Waals surface area contributed by atoms with E-state index in [1.165, 1.54) is 32.1 Å². The molecule has 2 aliphatic rings. The van der Waals surface area contributed by atoms with E-state index in [1.54, 1.807) is 0 Å². The van der Waals surface area contributed by atoms with Crippen LogP contribution >= 0.6 is 0 Å². The number of imidazole rings is 1. The number of H-pyrrole nitrogens is 1. The molecule has 2 N–H and O–H groups in total. The molecule has 0 radical (unpaired) electrons. The molecule has 0 bridgehead atoms. The van der Waals surface area contributed by atoms with E-state index in [2.05, 4.69) is 15.3 Å². The highest BCUT2D eigenvalue weighted by molar-refractivity contribution is 5.81. The lowest BCUT2D eigenvalue weighted by Gasteiger charge is -2.19. The average Bonchev–Trinajstić information content (AvgIpc) is 3.19. The molecule has 1 aromatic heterocycles. The van der Waals surface area contributed by atoms with Crippen LogP contribution in [0.2, 0.25) is 0 Å². The van der Waals surface area contributed by atoms with Gasteiger partial charge in [-0.3, -0.25) is 4.79 Å². The Kier molecular flexibility index (Phi) is 3.83. The number of aromatic nitrogens is 2. The van der Waals surface area contributed by atoms with E-state index in [4.69, 9.17) is 0 Å². The third-order valence-electron chi connectivity index (χ3n) is 5.82. The quantitative estimate of drug-likeness (QED) is 0.909. The van der Waals surface area contributed by atoms with Gasteiger partial charge in [0.2, 0.25) is 5.91 Å². The molecule has 2 aliphatic carbocycles. The first-order valence-electron chi connectivity index (χ1n) is 8.91. The summed E-state index contributed by atoms with van der Waals surface area (Å²) in [5, 5.41) is 3.17. The van der Waals surface area contributed by atoms with E-state index in [1.807, 2.05) is 25.1 Å². The third kappa shape index (κ3) is 2.99. The van der Waals surface area contributed by atoms with E-state index >= 15 is 0 Å². The van der Waals surface area contributed by atoms with E-state index in [0.29, 0.717) is 12.3 Å². The van der Waals surface area contributed by atoms with Crippen molar-refractivity contribution in [3.05, 3.63) is 29.6 Å². The zero-order valence-corrected chi connectivity index (χ0v) is 13.8. The van der Waals surface area contributed by atoms with Crippen LogP contribution in [0.5, 0.6) is 0 Å². The maximum atomic E-state index is 12.3. The highest BCUT2D eigenvalue weighted by Crippen LogP contribution is 2.47. The molecule has 4 heteroatoms. The molecule has 1 amide bonds. The summed E-state index contributed by atoms with van der Waals surface area (Å²) in [6, 6.07) is 6.03. The molecule has 0 unspecified atom stereocenters. The fourth-order valence-electron chi connectivity index (χ4n) is 4.73. The molecule has 122 valence electrons. The molecule has 1 aromatic carbocycles. The average molecular weight is 311 g/mol. The molecule has 4 nitrogen and oxygen atoms in total. The zero-order chi connectivity index (χ0) is 15.8. The number of hydrogen-bond acceptors (Lipinski definition) is 2. The number of carbonyl (C=O) groups excluding carboxylic acids is 1. The van der Waals surface area contributed by atoms with Crippen LogP contribution in [0.4, 0.5) is 0 Å². The fourth-order valence-corrected chi connectivity index (χ4v) is 4.73. The van der Waals surface area contributed by atoms with Crippen LogP contribution in [0.3, 0.4) is 0 Å². The molecular formula is C19H25N3O. The Labute approximate surface area is 137 Å². The van der Waals surface area contributed by atoms with Crippen molar-refractivity contribution in [2.45, 2.75) is 45.4 Å². The van der Waals surface area contributed by atoms with E-state index in [9.17, 15) is 4.79 Å². The van der Waals surface area contributed by atoms with Gasteiger partial charge >= 0.3 is 0 Å². The highest BCUT2D eigenvalue weighted by atomic mass is 16.1. The van der Waals surface area contributed by atoms with Crippen LogP contribution in [0, 0.1) is 24.7 Å². The van der Waals surface area contributed by atoms with Crippen molar-refractivity contribution >= 4 is 16.9 Å². The smallest absolute Gasteiger partial charge is 0.224 e. The van der Waals surface area contributed by atoms with Gasteiger partial charge in [-0.2, -0.15) is 0 Å². The van der Waals surface area contributed by atoms with Crippen molar-refractivity contribution < 1.29 is 4.79 Å². The summed E-state index contributed by atoms with van der Waals surface area (Å²) >= 11 is 0. The number of amides is 1. The Bertz CT molecular complexity index is 720. The lowest BCUT2D eigenvalue weighted by molar-refractivity contribution is -0.120. The van der Waals surface area contributed by atoms with E-state index in [0.717, 1.165) is 40.8 Å². The zero-order valence-electron chi connectivity index (χ0n) is 13.8. The number of hydrogen-bond donors (Lipinski definition) is 2. The third-order valence-corrected chi connectivity index (χ3v) is 5.82. The van der Waals surface area contributed by atoms with Crippen LogP contribution in [-0.4, -0.2) is 22.4 Å². The van der Waals surface area contributed by atoms with Gasteiger partial charge in [-0.15, -0.1) is 0 Å². The second-order valence-corrected chi connectivity index (χ2v) is 7.35. The first kappa shape index (κ1) is 14.7. The number of carbonyl (C=O) groups is 1. The Morgan fingerprint density at radius 2 is 2.22 bits per heavy atom.